The van der Waals surface area contributed by atoms with E-state index < -0.39 is 0 Å². The van der Waals surface area contributed by atoms with E-state index in [1.165, 1.54) is 0 Å². The van der Waals surface area contributed by atoms with Gasteiger partial charge in [-0.05, 0) is 24.3 Å². The second kappa shape index (κ2) is 6.07. The largest absolute Gasteiger partial charge is 0.346 e. The molecule has 1 aliphatic rings. The number of hydrogen-bond acceptors (Lipinski definition) is 5. The third kappa shape index (κ3) is 2.64. The fourth-order valence-corrected chi connectivity index (χ4v) is 3.72. The molecule has 0 N–H and O–H groups in total. The normalized spacial score (nSPS) is 15.2. The minimum atomic E-state index is -0.275. The van der Waals surface area contributed by atoms with Crippen LogP contribution in [0.25, 0.3) is 27.3 Å². The van der Waals surface area contributed by atoms with E-state index in [4.69, 9.17) is 9.47 Å². The van der Waals surface area contributed by atoms with E-state index in [1.54, 1.807) is 11.3 Å². The summed E-state index contributed by atoms with van der Waals surface area (Å²) in [4.78, 5) is 8.95. The van der Waals surface area contributed by atoms with Crippen LogP contribution < -0.4 is 0 Å². The van der Waals surface area contributed by atoms with Gasteiger partial charge in [0.25, 0.3) is 0 Å². The predicted molar refractivity (Wildman–Crippen MR) is 96.8 cm³/mol. The highest BCUT2D eigenvalue weighted by atomic mass is 32.1. The fourth-order valence-electron chi connectivity index (χ4n) is 3.09. The summed E-state index contributed by atoms with van der Waals surface area (Å²) in [6.45, 7) is 1.28. The number of benzene rings is 2. The van der Waals surface area contributed by atoms with E-state index in [0.717, 1.165) is 32.9 Å². The molecule has 3 heterocycles. The number of hydrogen-bond donors (Lipinski definition) is 0. The van der Waals surface area contributed by atoms with Gasteiger partial charge in [-0.1, -0.05) is 18.2 Å². The van der Waals surface area contributed by atoms with Crippen LogP contribution in [-0.2, 0) is 9.47 Å². The molecule has 0 aliphatic carbocycles. The molecule has 5 rings (SSSR count). The summed E-state index contributed by atoms with van der Waals surface area (Å²) >= 11 is 1.64. The van der Waals surface area contributed by atoms with Gasteiger partial charge in [0, 0.05) is 28.4 Å². The van der Waals surface area contributed by atoms with Crippen molar-refractivity contribution in [1.82, 2.24) is 14.5 Å². The van der Waals surface area contributed by atoms with Crippen LogP contribution in [0.2, 0.25) is 0 Å². The summed E-state index contributed by atoms with van der Waals surface area (Å²) in [7, 11) is 0. The smallest absolute Gasteiger partial charge is 0.184 e. The average Bonchev–Trinajstić information content (AvgIpc) is 3.42. The van der Waals surface area contributed by atoms with E-state index >= 15 is 0 Å². The minimum Gasteiger partial charge on any atom is -0.346 e. The van der Waals surface area contributed by atoms with Crippen molar-refractivity contribution in [2.75, 3.05) is 13.2 Å². The number of nitrogens with zero attached hydrogens (tertiary/aromatic N) is 3. The van der Waals surface area contributed by atoms with E-state index in [2.05, 4.69) is 38.8 Å². The lowest BCUT2D eigenvalue weighted by atomic mass is 10.1. The Hall–Kier alpha value is -2.54. The molecule has 0 amide bonds. The summed E-state index contributed by atoms with van der Waals surface area (Å²) in [5.41, 5.74) is 5.16. The molecule has 25 heavy (non-hydrogen) atoms. The van der Waals surface area contributed by atoms with Gasteiger partial charge in [0.2, 0.25) is 0 Å². The average molecular weight is 349 g/mol. The molecule has 6 heteroatoms. The number of imidazole rings is 1. The van der Waals surface area contributed by atoms with E-state index in [0.29, 0.717) is 13.2 Å². The van der Waals surface area contributed by atoms with Gasteiger partial charge < -0.3 is 9.47 Å². The number of thiazole rings is 1. The number of rotatable bonds is 3. The quantitative estimate of drug-likeness (QED) is 0.556. The molecule has 0 spiro atoms. The van der Waals surface area contributed by atoms with Gasteiger partial charge in [-0.2, -0.15) is 0 Å². The second-order valence-electron chi connectivity index (χ2n) is 5.82. The molecule has 2 aromatic carbocycles. The monoisotopic (exact) mass is 349 g/mol. The number of aromatic nitrogens is 3. The van der Waals surface area contributed by atoms with Crippen LogP contribution in [0, 0.1) is 0 Å². The van der Waals surface area contributed by atoms with Crippen molar-refractivity contribution in [3.8, 4) is 16.3 Å². The lowest BCUT2D eigenvalue weighted by Crippen LogP contribution is -1.98. The Labute approximate surface area is 148 Å². The maximum Gasteiger partial charge on any atom is 0.184 e. The van der Waals surface area contributed by atoms with Crippen LogP contribution >= 0.6 is 11.3 Å². The molecular formula is C19H15N3O2S. The summed E-state index contributed by atoms with van der Waals surface area (Å²) in [6.07, 6.45) is 3.41. The molecule has 0 saturated carbocycles. The molecule has 0 bridgehead atoms. The molecule has 0 unspecified atom stereocenters. The van der Waals surface area contributed by atoms with Gasteiger partial charge in [0.1, 0.15) is 11.3 Å². The molecule has 0 atom stereocenters. The summed E-state index contributed by atoms with van der Waals surface area (Å²) in [5, 5.41) is 3.01. The van der Waals surface area contributed by atoms with Crippen molar-refractivity contribution in [3.63, 3.8) is 0 Å². The lowest BCUT2D eigenvalue weighted by molar-refractivity contribution is -0.0440. The first kappa shape index (κ1) is 14.8. The van der Waals surface area contributed by atoms with Crippen LogP contribution in [0.4, 0.5) is 0 Å². The summed E-state index contributed by atoms with van der Waals surface area (Å²) < 4.78 is 13.2. The highest BCUT2D eigenvalue weighted by Gasteiger charge is 2.19. The molecule has 5 nitrogen and oxygen atoms in total. The third-order valence-electron chi connectivity index (χ3n) is 4.27. The molecule has 1 aliphatic heterocycles. The van der Waals surface area contributed by atoms with Crippen molar-refractivity contribution < 1.29 is 9.47 Å². The third-order valence-corrected chi connectivity index (χ3v) is 5.09. The van der Waals surface area contributed by atoms with Crippen molar-refractivity contribution in [2.24, 2.45) is 0 Å². The van der Waals surface area contributed by atoms with Gasteiger partial charge in [-0.3, -0.25) is 4.57 Å². The molecule has 1 saturated heterocycles. The highest BCUT2D eigenvalue weighted by molar-refractivity contribution is 7.13. The van der Waals surface area contributed by atoms with Gasteiger partial charge in [0.05, 0.1) is 24.2 Å². The van der Waals surface area contributed by atoms with Crippen LogP contribution in [0.3, 0.4) is 0 Å². The van der Waals surface area contributed by atoms with Crippen molar-refractivity contribution >= 4 is 22.4 Å². The maximum atomic E-state index is 5.57. The van der Waals surface area contributed by atoms with Gasteiger partial charge >= 0.3 is 0 Å². The first-order chi connectivity index (χ1) is 12.4. The zero-order valence-electron chi connectivity index (χ0n) is 13.3. The van der Waals surface area contributed by atoms with E-state index in [-0.39, 0.29) is 6.29 Å². The van der Waals surface area contributed by atoms with Crippen LogP contribution in [0.15, 0.2) is 60.4 Å². The van der Waals surface area contributed by atoms with Crippen molar-refractivity contribution in [2.45, 2.75) is 6.29 Å². The first-order valence-corrected chi connectivity index (χ1v) is 8.97. The minimum absolute atomic E-state index is 0.275. The van der Waals surface area contributed by atoms with Crippen molar-refractivity contribution in [3.05, 3.63) is 65.9 Å². The van der Waals surface area contributed by atoms with Crippen molar-refractivity contribution in [1.29, 1.82) is 0 Å². The Morgan fingerprint density at radius 1 is 1.04 bits per heavy atom. The standard InChI is InChI=1S/C19H15N3O2S/c1-2-13(18-20-6-9-25-18)10-15(3-1)22-12-21-16-11-14(4-5-17(16)22)19-23-7-8-24-19/h1-6,9-12,19H,7-8H2. The number of fused-ring (bicyclic) bond motifs is 1. The molecule has 4 aromatic rings. The molecule has 1 fully saturated rings. The van der Waals surface area contributed by atoms with Gasteiger partial charge in [-0.15, -0.1) is 11.3 Å². The molecular weight excluding hydrogens is 334 g/mol. The first-order valence-electron chi connectivity index (χ1n) is 8.09. The Kier molecular flexibility index (Phi) is 3.59. The lowest BCUT2D eigenvalue weighted by Gasteiger charge is -2.10. The Morgan fingerprint density at radius 3 is 2.80 bits per heavy atom. The zero-order valence-corrected chi connectivity index (χ0v) is 14.1. The predicted octanol–water partition coefficient (Wildman–Crippen LogP) is 4.19. The molecule has 0 radical (unpaired) electrons. The van der Waals surface area contributed by atoms with Crippen LogP contribution in [0.1, 0.15) is 11.9 Å². The summed E-state index contributed by atoms with van der Waals surface area (Å²) in [6, 6.07) is 14.5. The topological polar surface area (TPSA) is 49.2 Å². The fraction of sp³-hybridized carbons (Fsp3) is 0.158. The summed E-state index contributed by atoms with van der Waals surface area (Å²) in [5.74, 6) is 0. The Bertz CT molecular complexity index is 1020. The van der Waals surface area contributed by atoms with Crippen LogP contribution in [-0.4, -0.2) is 27.7 Å². The van der Waals surface area contributed by atoms with Gasteiger partial charge in [-0.25, -0.2) is 9.97 Å². The van der Waals surface area contributed by atoms with Gasteiger partial charge in [0.15, 0.2) is 6.29 Å². The molecule has 124 valence electrons. The SMILES string of the molecule is c1cc(-c2nccs2)cc(-n2cnc3cc(C4OCCO4)ccc32)c1. The second-order valence-corrected chi connectivity index (χ2v) is 6.72. The highest BCUT2D eigenvalue weighted by Crippen LogP contribution is 2.29. The van der Waals surface area contributed by atoms with Crippen LogP contribution in [0.5, 0.6) is 0 Å². The zero-order chi connectivity index (χ0) is 16.6. The van der Waals surface area contributed by atoms with E-state index in [9.17, 15) is 0 Å². The number of ether oxygens (including phenoxy) is 2. The molecule has 2 aromatic heterocycles. The maximum absolute atomic E-state index is 5.57. The Balaban J connectivity index is 1.56. The van der Waals surface area contributed by atoms with E-state index in [1.807, 2.05) is 36.1 Å². The Morgan fingerprint density at radius 2 is 1.96 bits per heavy atom.